The number of rotatable bonds is 8. The Balaban J connectivity index is 1.58. The third-order valence-electron chi connectivity index (χ3n) is 5.93. The van der Waals surface area contributed by atoms with E-state index >= 15 is 0 Å². The number of nitrogens with two attached hydrogens (primary N) is 1. The fourth-order valence-electron chi connectivity index (χ4n) is 3.65. The first-order valence-electron chi connectivity index (χ1n) is 10.2. The van der Waals surface area contributed by atoms with Gasteiger partial charge in [0.15, 0.2) is 9.84 Å². The van der Waals surface area contributed by atoms with E-state index in [1.54, 1.807) is 0 Å². The zero-order valence-corrected chi connectivity index (χ0v) is 18.4. The number of carbonyl (C=O) groups is 2. The molecule has 2 amide bonds. The highest BCUT2D eigenvalue weighted by atomic mass is 32.2. The molecular formula is C21H28FN3O5S. The third-order valence-corrected chi connectivity index (χ3v) is 7.57. The molecule has 2 fully saturated rings. The van der Waals surface area contributed by atoms with E-state index in [0.29, 0.717) is 18.6 Å². The van der Waals surface area contributed by atoms with Crippen LogP contribution in [0.15, 0.2) is 41.1 Å². The number of carbonyl (C=O) groups excluding carboxylic acids is 2. The van der Waals surface area contributed by atoms with Crippen molar-refractivity contribution in [3.8, 4) is 5.75 Å². The number of amides is 2. The molecule has 8 nitrogen and oxygen atoms in total. The first-order valence-corrected chi connectivity index (χ1v) is 11.8. The second-order valence-corrected chi connectivity index (χ2v) is 10.2. The van der Waals surface area contributed by atoms with Gasteiger partial charge in [-0.2, -0.15) is 0 Å². The Kier molecular flexibility index (Phi) is 7.00. The molecule has 1 saturated carbocycles. The van der Waals surface area contributed by atoms with E-state index in [0.717, 1.165) is 19.3 Å². The first kappa shape index (κ1) is 23.2. The largest absolute Gasteiger partial charge is 0.489 e. The summed E-state index contributed by atoms with van der Waals surface area (Å²) in [5.74, 6) is -0.476. The van der Waals surface area contributed by atoms with Crippen molar-refractivity contribution in [2.75, 3.05) is 38.7 Å². The second kappa shape index (κ2) is 9.35. The Labute approximate surface area is 181 Å². The number of benzene rings is 1. The quantitative estimate of drug-likeness (QED) is 0.638. The Morgan fingerprint density at radius 3 is 2.45 bits per heavy atom. The highest BCUT2D eigenvalue weighted by Gasteiger charge is 2.43. The van der Waals surface area contributed by atoms with Crippen LogP contribution in [0.3, 0.4) is 0 Å². The van der Waals surface area contributed by atoms with E-state index in [2.05, 4.69) is 0 Å². The monoisotopic (exact) mass is 453 g/mol. The van der Waals surface area contributed by atoms with Gasteiger partial charge in [0.05, 0.1) is 17.8 Å². The molecule has 3 rings (SSSR count). The predicted molar refractivity (Wildman–Crippen MR) is 112 cm³/mol. The zero-order valence-electron chi connectivity index (χ0n) is 17.5. The average molecular weight is 454 g/mol. The first-order chi connectivity index (χ1) is 14.7. The van der Waals surface area contributed by atoms with Crippen molar-refractivity contribution in [1.82, 2.24) is 9.80 Å². The summed E-state index contributed by atoms with van der Waals surface area (Å²) in [7, 11) is -3.76. The van der Waals surface area contributed by atoms with Gasteiger partial charge in [0, 0.05) is 30.6 Å². The maximum absolute atomic E-state index is 12.8. The summed E-state index contributed by atoms with van der Waals surface area (Å²) in [6.45, 7) is 2.32. The predicted octanol–water partition coefficient (Wildman–Crippen LogP) is 1.47. The molecule has 0 spiro atoms. The maximum atomic E-state index is 12.8. The van der Waals surface area contributed by atoms with Crippen molar-refractivity contribution in [2.45, 2.75) is 31.1 Å². The molecule has 1 aromatic carbocycles. The Morgan fingerprint density at radius 1 is 1.26 bits per heavy atom. The standard InChI is InChI=1S/C21H28FN3O5S/c1-21(7-2-8-21)20(27)24-9-10-25(19(26)13-24)15-31(28,29)18-5-3-17(4-6-18)30-14-16(11-22)12-23/h3-6,11H,2,7-10,12-15,23H2,1H3/b16-11+. The van der Waals surface area contributed by atoms with Crippen LogP contribution >= 0.6 is 0 Å². The molecule has 31 heavy (non-hydrogen) atoms. The van der Waals surface area contributed by atoms with Crippen LogP contribution in [-0.2, 0) is 19.4 Å². The number of nitrogens with zero attached hydrogens (tertiary/aromatic N) is 2. The summed E-state index contributed by atoms with van der Waals surface area (Å²) in [5, 5.41) is 0. The molecule has 10 heteroatoms. The molecule has 1 aliphatic carbocycles. The van der Waals surface area contributed by atoms with E-state index in [4.69, 9.17) is 10.5 Å². The number of ether oxygens (including phenoxy) is 1. The molecule has 0 aromatic heterocycles. The van der Waals surface area contributed by atoms with Crippen LogP contribution in [0.4, 0.5) is 4.39 Å². The molecule has 0 atom stereocenters. The van der Waals surface area contributed by atoms with Crippen molar-refractivity contribution >= 4 is 21.7 Å². The molecule has 1 aliphatic heterocycles. The molecule has 0 radical (unpaired) electrons. The van der Waals surface area contributed by atoms with Gasteiger partial charge >= 0.3 is 0 Å². The summed E-state index contributed by atoms with van der Waals surface area (Å²) >= 11 is 0. The van der Waals surface area contributed by atoms with Crippen LogP contribution in [0, 0.1) is 5.41 Å². The number of hydrogen-bond acceptors (Lipinski definition) is 6. The minimum Gasteiger partial charge on any atom is -0.489 e. The van der Waals surface area contributed by atoms with E-state index in [9.17, 15) is 22.4 Å². The lowest BCUT2D eigenvalue weighted by Gasteiger charge is -2.43. The smallest absolute Gasteiger partial charge is 0.243 e. The van der Waals surface area contributed by atoms with Gasteiger partial charge in [-0.25, -0.2) is 12.8 Å². The van der Waals surface area contributed by atoms with Gasteiger partial charge in [0.2, 0.25) is 11.8 Å². The average Bonchev–Trinajstić information content (AvgIpc) is 2.74. The third kappa shape index (κ3) is 5.24. The molecule has 1 heterocycles. The second-order valence-electron chi connectivity index (χ2n) is 8.27. The topological polar surface area (TPSA) is 110 Å². The number of hydrogen-bond donors (Lipinski definition) is 1. The highest BCUT2D eigenvalue weighted by molar-refractivity contribution is 7.91. The lowest BCUT2D eigenvalue weighted by molar-refractivity contribution is -0.153. The molecule has 1 aromatic rings. The number of sulfone groups is 1. The van der Waals surface area contributed by atoms with Crippen molar-refractivity contribution in [1.29, 1.82) is 0 Å². The van der Waals surface area contributed by atoms with Crippen LogP contribution in [0.2, 0.25) is 0 Å². The fourth-order valence-corrected chi connectivity index (χ4v) is 5.04. The summed E-state index contributed by atoms with van der Waals surface area (Å²) < 4.78 is 43.4. The van der Waals surface area contributed by atoms with Gasteiger partial charge in [-0.3, -0.25) is 9.59 Å². The van der Waals surface area contributed by atoms with Crippen molar-refractivity contribution < 1.29 is 27.1 Å². The van der Waals surface area contributed by atoms with Crippen LogP contribution in [0.1, 0.15) is 26.2 Å². The summed E-state index contributed by atoms with van der Waals surface area (Å²) in [6.07, 6.45) is 3.05. The van der Waals surface area contributed by atoms with Gasteiger partial charge in [-0.1, -0.05) is 13.3 Å². The molecule has 170 valence electrons. The highest BCUT2D eigenvalue weighted by Crippen LogP contribution is 2.42. The summed E-state index contributed by atoms with van der Waals surface area (Å²) in [4.78, 5) is 28.0. The van der Waals surface area contributed by atoms with Gasteiger partial charge in [0.25, 0.3) is 0 Å². The van der Waals surface area contributed by atoms with E-state index in [1.807, 2.05) is 6.92 Å². The van der Waals surface area contributed by atoms with E-state index in [1.165, 1.54) is 34.1 Å². The van der Waals surface area contributed by atoms with Gasteiger partial charge in [0.1, 0.15) is 18.2 Å². The van der Waals surface area contributed by atoms with Gasteiger partial charge in [-0.15, -0.1) is 0 Å². The van der Waals surface area contributed by atoms with Gasteiger partial charge in [-0.05, 0) is 37.1 Å². The SMILES string of the molecule is CC1(C(=O)N2CCN(CS(=O)(=O)c3ccc(OC/C(=C/F)CN)cc3)C(=O)C2)CCC1. The Morgan fingerprint density at radius 2 is 1.94 bits per heavy atom. The minimum atomic E-state index is -3.76. The molecule has 2 N–H and O–H groups in total. The van der Waals surface area contributed by atoms with E-state index < -0.39 is 15.7 Å². The summed E-state index contributed by atoms with van der Waals surface area (Å²) in [5.41, 5.74) is 5.25. The van der Waals surface area contributed by atoms with Crippen LogP contribution in [0.25, 0.3) is 0 Å². The number of piperazine rings is 1. The summed E-state index contributed by atoms with van der Waals surface area (Å²) in [6, 6.07) is 5.70. The molecule has 0 bridgehead atoms. The fraction of sp³-hybridized carbons (Fsp3) is 0.524. The Hall–Kier alpha value is -2.46. The van der Waals surface area contributed by atoms with Gasteiger partial charge < -0.3 is 20.3 Å². The van der Waals surface area contributed by atoms with Crippen molar-refractivity contribution in [3.63, 3.8) is 0 Å². The van der Waals surface area contributed by atoms with Crippen LogP contribution in [-0.4, -0.2) is 68.7 Å². The minimum absolute atomic E-state index is 0.0226. The number of halogens is 1. The maximum Gasteiger partial charge on any atom is 0.243 e. The van der Waals surface area contributed by atoms with E-state index in [-0.39, 0.29) is 53.9 Å². The molecule has 1 saturated heterocycles. The zero-order chi connectivity index (χ0) is 22.6. The lowest BCUT2D eigenvalue weighted by atomic mass is 9.69. The van der Waals surface area contributed by atoms with Crippen molar-refractivity contribution in [3.05, 3.63) is 36.2 Å². The molecular weight excluding hydrogens is 425 g/mol. The molecule has 0 unspecified atom stereocenters. The van der Waals surface area contributed by atoms with Crippen LogP contribution in [0.5, 0.6) is 5.75 Å². The molecule has 2 aliphatic rings. The normalized spacial score (nSPS) is 19.2. The Bertz CT molecular complexity index is 958. The lowest BCUT2D eigenvalue weighted by Crippen LogP contribution is -2.57. The van der Waals surface area contributed by atoms with Crippen LogP contribution < -0.4 is 10.5 Å². The van der Waals surface area contributed by atoms with Crippen molar-refractivity contribution in [2.24, 2.45) is 11.1 Å².